The Labute approximate surface area is 126 Å². The van der Waals surface area contributed by atoms with E-state index in [0.717, 1.165) is 36.1 Å². The maximum Gasteiger partial charge on any atom is 0.255 e. The van der Waals surface area contributed by atoms with Crippen LogP contribution in [0.5, 0.6) is 0 Å². The van der Waals surface area contributed by atoms with E-state index in [4.69, 9.17) is 5.73 Å². The molecule has 0 aromatic heterocycles. The highest BCUT2D eigenvalue weighted by atomic mass is 16.1. The number of nitrogens with one attached hydrogen (secondary N) is 1. The van der Waals surface area contributed by atoms with Crippen LogP contribution in [0, 0.1) is 0 Å². The lowest BCUT2D eigenvalue weighted by Crippen LogP contribution is -2.14. The van der Waals surface area contributed by atoms with Gasteiger partial charge in [-0.25, -0.2) is 0 Å². The number of anilines is 1. The highest BCUT2D eigenvalue weighted by molar-refractivity contribution is 6.05. The Hall–Kier alpha value is -2.13. The molecule has 0 aliphatic carbocycles. The first kappa shape index (κ1) is 15.3. The van der Waals surface area contributed by atoms with E-state index in [9.17, 15) is 4.79 Å². The molecule has 2 rings (SSSR count). The van der Waals surface area contributed by atoms with Crippen molar-refractivity contribution in [3.8, 4) is 0 Å². The van der Waals surface area contributed by atoms with E-state index in [2.05, 4.69) is 18.3 Å². The van der Waals surface area contributed by atoms with Crippen molar-refractivity contribution in [1.82, 2.24) is 0 Å². The minimum Gasteiger partial charge on any atom is -0.330 e. The van der Waals surface area contributed by atoms with E-state index in [1.807, 2.05) is 42.5 Å². The van der Waals surface area contributed by atoms with E-state index in [1.54, 1.807) is 0 Å². The molecule has 110 valence electrons. The first-order valence-electron chi connectivity index (χ1n) is 7.43. The second kappa shape index (κ2) is 7.60. The number of benzene rings is 2. The number of hydrogen-bond donors (Lipinski definition) is 2. The van der Waals surface area contributed by atoms with Gasteiger partial charge in [-0.1, -0.05) is 37.3 Å². The summed E-state index contributed by atoms with van der Waals surface area (Å²) < 4.78 is 0. The maximum absolute atomic E-state index is 12.4. The van der Waals surface area contributed by atoms with Gasteiger partial charge in [0.05, 0.1) is 0 Å². The molecular formula is C18H22N2O. The van der Waals surface area contributed by atoms with E-state index in [-0.39, 0.29) is 5.91 Å². The van der Waals surface area contributed by atoms with Crippen LogP contribution in [0.1, 0.15) is 34.8 Å². The molecule has 0 saturated heterocycles. The third-order valence-electron chi connectivity index (χ3n) is 3.50. The fourth-order valence-corrected chi connectivity index (χ4v) is 2.36. The highest BCUT2D eigenvalue weighted by Crippen LogP contribution is 2.15. The number of aryl methyl sites for hydroxylation is 2. The lowest BCUT2D eigenvalue weighted by atomic mass is 10.0. The van der Waals surface area contributed by atoms with Gasteiger partial charge in [0.15, 0.2) is 0 Å². The molecule has 3 heteroatoms. The number of amides is 1. The fourth-order valence-electron chi connectivity index (χ4n) is 2.36. The molecule has 3 nitrogen and oxygen atoms in total. The van der Waals surface area contributed by atoms with Crippen molar-refractivity contribution in [2.24, 2.45) is 5.73 Å². The standard InChI is InChI=1S/C18H22N2O/c1-2-15-9-3-4-11-17(15)18(21)20-16-10-5-7-14(13-16)8-6-12-19/h3-5,7,9-11,13H,2,6,8,12,19H2,1H3,(H,20,21). The zero-order valence-corrected chi connectivity index (χ0v) is 12.4. The van der Waals surface area contributed by atoms with Gasteiger partial charge in [-0.05, 0) is 55.1 Å². The Bertz CT molecular complexity index is 608. The normalized spacial score (nSPS) is 10.4. The van der Waals surface area contributed by atoms with Crippen molar-refractivity contribution in [2.75, 3.05) is 11.9 Å². The molecule has 21 heavy (non-hydrogen) atoms. The molecule has 0 spiro atoms. The van der Waals surface area contributed by atoms with Crippen LogP contribution < -0.4 is 11.1 Å². The third kappa shape index (κ3) is 4.17. The Balaban J connectivity index is 2.12. The van der Waals surface area contributed by atoms with Crippen LogP contribution in [0.25, 0.3) is 0 Å². The van der Waals surface area contributed by atoms with Crippen LogP contribution in [0.3, 0.4) is 0 Å². The summed E-state index contributed by atoms with van der Waals surface area (Å²) in [6.07, 6.45) is 2.74. The van der Waals surface area contributed by atoms with Gasteiger partial charge in [-0.2, -0.15) is 0 Å². The van der Waals surface area contributed by atoms with Gasteiger partial charge in [0.2, 0.25) is 0 Å². The summed E-state index contributed by atoms with van der Waals surface area (Å²) in [5.41, 5.74) is 9.37. The van der Waals surface area contributed by atoms with Gasteiger partial charge >= 0.3 is 0 Å². The molecule has 0 fully saturated rings. The van der Waals surface area contributed by atoms with E-state index >= 15 is 0 Å². The molecule has 0 aliphatic heterocycles. The van der Waals surface area contributed by atoms with Crippen LogP contribution in [0.2, 0.25) is 0 Å². The summed E-state index contributed by atoms with van der Waals surface area (Å²) in [4.78, 5) is 12.4. The molecule has 2 aromatic rings. The van der Waals surface area contributed by atoms with Crippen molar-refractivity contribution < 1.29 is 4.79 Å². The molecular weight excluding hydrogens is 260 g/mol. The Morgan fingerprint density at radius 3 is 2.71 bits per heavy atom. The van der Waals surface area contributed by atoms with Crippen molar-refractivity contribution in [1.29, 1.82) is 0 Å². The number of carbonyl (C=O) groups is 1. The van der Waals surface area contributed by atoms with Gasteiger partial charge in [-0.3, -0.25) is 4.79 Å². The monoisotopic (exact) mass is 282 g/mol. The van der Waals surface area contributed by atoms with Crippen LogP contribution in [-0.2, 0) is 12.8 Å². The van der Waals surface area contributed by atoms with Crippen LogP contribution in [-0.4, -0.2) is 12.5 Å². The Morgan fingerprint density at radius 2 is 1.95 bits per heavy atom. The van der Waals surface area contributed by atoms with Crippen LogP contribution in [0.15, 0.2) is 48.5 Å². The topological polar surface area (TPSA) is 55.1 Å². The smallest absolute Gasteiger partial charge is 0.255 e. The Kier molecular flexibility index (Phi) is 5.52. The molecule has 0 unspecified atom stereocenters. The molecule has 0 radical (unpaired) electrons. The van der Waals surface area contributed by atoms with Crippen molar-refractivity contribution in [3.05, 3.63) is 65.2 Å². The lowest BCUT2D eigenvalue weighted by molar-refractivity contribution is 0.102. The predicted octanol–water partition coefficient (Wildman–Crippen LogP) is 3.39. The largest absolute Gasteiger partial charge is 0.330 e. The molecule has 0 aliphatic rings. The SMILES string of the molecule is CCc1ccccc1C(=O)Nc1cccc(CCCN)c1. The number of nitrogens with two attached hydrogens (primary N) is 1. The molecule has 0 heterocycles. The second-order valence-corrected chi connectivity index (χ2v) is 5.06. The van der Waals surface area contributed by atoms with Crippen molar-refractivity contribution in [3.63, 3.8) is 0 Å². The summed E-state index contributed by atoms with van der Waals surface area (Å²) >= 11 is 0. The zero-order valence-electron chi connectivity index (χ0n) is 12.4. The summed E-state index contributed by atoms with van der Waals surface area (Å²) in [6, 6.07) is 15.7. The summed E-state index contributed by atoms with van der Waals surface area (Å²) in [5, 5.41) is 2.98. The fraction of sp³-hybridized carbons (Fsp3) is 0.278. The first-order chi connectivity index (χ1) is 10.2. The summed E-state index contributed by atoms with van der Waals surface area (Å²) in [6.45, 7) is 2.74. The van der Waals surface area contributed by atoms with E-state index < -0.39 is 0 Å². The average molecular weight is 282 g/mol. The van der Waals surface area contributed by atoms with Gasteiger partial charge in [0, 0.05) is 11.3 Å². The predicted molar refractivity (Wildman–Crippen MR) is 87.6 cm³/mol. The number of rotatable bonds is 6. The summed E-state index contributed by atoms with van der Waals surface area (Å²) in [7, 11) is 0. The zero-order chi connectivity index (χ0) is 15.1. The quantitative estimate of drug-likeness (QED) is 0.853. The molecule has 1 amide bonds. The van der Waals surface area contributed by atoms with E-state index in [0.29, 0.717) is 6.54 Å². The van der Waals surface area contributed by atoms with Gasteiger partial charge in [0.25, 0.3) is 5.91 Å². The Morgan fingerprint density at radius 1 is 1.14 bits per heavy atom. The van der Waals surface area contributed by atoms with Crippen molar-refractivity contribution in [2.45, 2.75) is 26.2 Å². The number of carbonyl (C=O) groups excluding carboxylic acids is 1. The third-order valence-corrected chi connectivity index (χ3v) is 3.50. The highest BCUT2D eigenvalue weighted by Gasteiger charge is 2.10. The van der Waals surface area contributed by atoms with Gasteiger partial charge in [-0.15, -0.1) is 0 Å². The number of hydrogen-bond acceptors (Lipinski definition) is 2. The molecule has 0 bridgehead atoms. The minimum atomic E-state index is -0.0524. The maximum atomic E-state index is 12.4. The molecule has 0 atom stereocenters. The minimum absolute atomic E-state index is 0.0524. The molecule has 3 N–H and O–H groups in total. The van der Waals surface area contributed by atoms with Crippen LogP contribution >= 0.6 is 0 Å². The van der Waals surface area contributed by atoms with Gasteiger partial charge < -0.3 is 11.1 Å². The average Bonchev–Trinajstić information content (AvgIpc) is 2.53. The van der Waals surface area contributed by atoms with Crippen molar-refractivity contribution >= 4 is 11.6 Å². The molecule has 0 saturated carbocycles. The van der Waals surface area contributed by atoms with E-state index in [1.165, 1.54) is 5.56 Å². The van der Waals surface area contributed by atoms with Crippen LogP contribution in [0.4, 0.5) is 5.69 Å². The van der Waals surface area contributed by atoms with Gasteiger partial charge in [0.1, 0.15) is 0 Å². The second-order valence-electron chi connectivity index (χ2n) is 5.06. The summed E-state index contributed by atoms with van der Waals surface area (Å²) in [5.74, 6) is -0.0524. The molecule has 2 aromatic carbocycles. The lowest BCUT2D eigenvalue weighted by Gasteiger charge is -2.10. The first-order valence-corrected chi connectivity index (χ1v) is 7.43.